The first-order chi connectivity index (χ1) is 13.7. The van der Waals surface area contributed by atoms with Crippen LogP contribution in [-0.2, 0) is 16.1 Å². The lowest BCUT2D eigenvalue weighted by atomic mass is 10.1. The van der Waals surface area contributed by atoms with Gasteiger partial charge in [0.1, 0.15) is 5.75 Å². The number of hydrogen-bond acceptors (Lipinski definition) is 4. The molecule has 2 amide bonds. The number of para-hydroxylation sites is 1. The second-order valence-electron chi connectivity index (χ2n) is 6.92. The van der Waals surface area contributed by atoms with Gasteiger partial charge in [-0.15, -0.1) is 12.4 Å². The Morgan fingerprint density at radius 1 is 1.07 bits per heavy atom. The van der Waals surface area contributed by atoms with Crippen molar-refractivity contribution in [1.82, 2.24) is 10.6 Å². The topological polar surface area (TPSA) is 79.5 Å². The van der Waals surface area contributed by atoms with Gasteiger partial charge < -0.3 is 20.7 Å². The first kappa shape index (κ1) is 22.7. The van der Waals surface area contributed by atoms with Crippen molar-refractivity contribution in [2.75, 3.05) is 25.0 Å². The minimum absolute atomic E-state index is 0. The molecule has 3 N–H and O–H groups in total. The largest absolute Gasteiger partial charge is 0.494 e. The van der Waals surface area contributed by atoms with E-state index in [0.717, 1.165) is 36.5 Å². The van der Waals surface area contributed by atoms with E-state index in [9.17, 15) is 9.59 Å². The Morgan fingerprint density at radius 2 is 1.83 bits per heavy atom. The summed E-state index contributed by atoms with van der Waals surface area (Å²) in [6.07, 6.45) is 1.95. The maximum atomic E-state index is 12.0. The third kappa shape index (κ3) is 7.75. The highest BCUT2D eigenvalue weighted by Crippen LogP contribution is 2.12. The molecule has 7 heteroatoms. The molecular formula is C22H28ClN3O3. The van der Waals surface area contributed by atoms with Crippen LogP contribution in [0.15, 0.2) is 54.6 Å². The van der Waals surface area contributed by atoms with Crippen molar-refractivity contribution in [3.8, 4) is 5.75 Å². The molecule has 1 aliphatic heterocycles. The second-order valence-corrected chi connectivity index (χ2v) is 6.92. The number of amides is 2. The van der Waals surface area contributed by atoms with Crippen molar-refractivity contribution in [3.05, 3.63) is 60.2 Å². The molecule has 6 nitrogen and oxygen atoms in total. The van der Waals surface area contributed by atoms with Gasteiger partial charge in [-0.25, -0.2) is 0 Å². The summed E-state index contributed by atoms with van der Waals surface area (Å²) in [5.41, 5.74) is 1.76. The second kappa shape index (κ2) is 12.1. The molecule has 0 saturated carbocycles. The van der Waals surface area contributed by atoms with Crippen LogP contribution in [0.25, 0.3) is 0 Å². The van der Waals surface area contributed by atoms with Crippen LogP contribution >= 0.6 is 12.4 Å². The van der Waals surface area contributed by atoms with Crippen LogP contribution in [-0.4, -0.2) is 31.5 Å². The molecule has 2 aromatic carbocycles. The first-order valence-electron chi connectivity index (χ1n) is 9.76. The molecular weight excluding hydrogens is 390 g/mol. The van der Waals surface area contributed by atoms with Gasteiger partial charge in [0.2, 0.25) is 11.8 Å². The molecule has 156 valence electrons. The van der Waals surface area contributed by atoms with E-state index in [1.807, 2.05) is 54.6 Å². The van der Waals surface area contributed by atoms with Crippen LogP contribution in [0.2, 0.25) is 0 Å². The average Bonchev–Trinajstić information content (AvgIpc) is 3.26. The number of carbonyl (C=O) groups is 2. The zero-order valence-electron chi connectivity index (χ0n) is 16.4. The van der Waals surface area contributed by atoms with Crippen molar-refractivity contribution in [2.45, 2.75) is 25.8 Å². The van der Waals surface area contributed by atoms with E-state index in [-0.39, 0.29) is 30.1 Å². The molecule has 0 bridgehead atoms. The van der Waals surface area contributed by atoms with E-state index >= 15 is 0 Å². The van der Waals surface area contributed by atoms with Crippen LogP contribution in [0.1, 0.15) is 24.8 Å². The van der Waals surface area contributed by atoms with Gasteiger partial charge in [0.25, 0.3) is 0 Å². The van der Waals surface area contributed by atoms with Gasteiger partial charge in [0.15, 0.2) is 0 Å². The molecule has 0 radical (unpaired) electrons. The fourth-order valence-electron chi connectivity index (χ4n) is 3.08. The zero-order valence-corrected chi connectivity index (χ0v) is 17.2. The summed E-state index contributed by atoms with van der Waals surface area (Å²) in [7, 11) is 0. The zero-order chi connectivity index (χ0) is 19.6. The molecule has 1 atom stereocenters. The number of ether oxygens (including phenoxy) is 1. The molecule has 3 rings (SSSR count). The van der Waals surface area contributed by atoms with Crippen LogP contribution < -0.4 is 20.7 Å². The molecule has 29 heavy (non-hydrogen) atoms. The number of hydrogen-bond donors (Lipinski definition) is 3. The molecule has 1 unspecified atom stereocenters. The molecule has 0 aromatic heterocycles. The van der Waals surface area contributed by atoms with Crippen molar-refractivity contribution in [3.63, 3.8) is 0 Å². The quantitative estimate of drug-likeness (QED) is 0.547. The fourth-order valence-corrected chi connectivity index (χ4v) is 3.08. The summed E-state index contributed by atoms with van der Waals surface area (Å²) < 4.78 is 5.59. The molecule has 0 aliphatic carbocycles. The highest BCUT2D eigenvalue weighted by molar-refractivity contribution is 5.90. The summed E-state index contributed by atoms with van der Waals surface area (Å²) in [5, 5.41) is 9.05. The van der Waals surface area contributed by atoms with Crippen molar-refractivity contribution in [1.29, 1.82) is 0 Å². The van der Waals surface area contributed by atoms with Gasteiger partial charge in [-0.05, 0) is 49.2 Å². The Kier molecular flexibility index (Phi) is 9.47. The minimum Gasteiger partial charge on any atom is -0.494 e. The lowest BCUT2D eigenvalue weighted by molar-refractivity contribution is -0.124. The summed E-state index contributed by atoms with van der Waals surface area (Å²) in [6, 6.07) is 17.1. The van der Waals surface area contributed by atoms with Crippen LogP contribution in [0.5, 0.6) is 5.75 Å². The van der Waals surface area contributed by atoms with Gasteiger partial charge in [-0.2, -0.15) is 0 Å². The molecule has 2 aromatic rings. The third-order valence-electron chi connectivity index (χ3n) is 4.70. The summed E-state index contributed by atoms with van der Waals surface area (Å²) in [6.45, 7) is 2.67. The highest BCUT2D eigenvalue weighted by atomic mass is 35.5. The number of anilines is 1. The summed E-state index contributed by atoms with van der Waals surface area (Å²) >= 11 is 0. The maximum Gasteiger partial charge on any atom is 0.224 e. The van der Waals surface area contributed by atoms with Gasteiger partial charge in [0.05, 0.1) is 12.5 Å². The van der Waals surface area contributed by atoms with E-state index in [2.05, 4.69) is 16.0 Å². The predicted octanol–water partition coefficient (Wildman–Crippen LogP) is 3.13. The Labute approximate surface area is 177 Å². The maximum absolute atomic E-state index is 12.0. The van der Waals surface area contributed by atoms with Crippen LogP contribution in [0.4, 0.5) is 5.69 Å². The minimum atomic E-state index is -0.0357. The van der Waals surface area contributed by atoms with E-state index < -0.39 is 0 Å². The fraction of sp³-hybridized carbons (Fsp3) is 0.364. The van der Waals surface area contributed by atoms with E-state index in [4.69, 9.17) is 4.74 Å². The number of halogens is 1. The normalized spacial score (nSPS) is 15.2. The van der Waals surface area contributed by atoms with Crippen molar-refractivity contribution in [2.24, 2.45) is 5.92 Å². The SMILES string of the molecule is Cl.O=C(CCCOc1ccccc1)Nc1ccc(CNC(=O)C2CCNC2)cc1. The Balaban J connectivity index is 0.00000300. The number of benzene rings is 2. The number of rotatable bonds is 9. The predicted molar refractivity (Wildman–Crippen MR) is 116 cm³/mol. The first-order valence-corrected chi connectivity index (χ1v) is 9.76. The lowest BCUT2D eigenvalue weighted by Gasteiger charge is -2.11. The van der Waals surface area contributed by atoms with E-state index in [1.165, 1.54) is 0 Å². The van der Waals surface area contributed by atoms with Gasteiger partial charge in [0, 0.05) is 25.2 Å². The van der Waals surface area contributed by atoms with Gasteiger partial charge in [-0.1, -0.05) is 30.3 Å². The Hall–Kier alpha value is -2.57. The molecule has 1 aliphatic rings. The molecule has 0 spiro atoms. The average molecular weight is 418 g/mol. The van der Waals surface area contributed by atoms with Crippen LogP contribution in [0, 0.1) is 5.92 Å². The van der Waals surface area contributed by atoms with Gasteiger partial charge in [-0.3, -0.25) is 9.59 Å². The summed E-state index contributed by atoms with van der Waals surface area (Å²) in [4.78, 5) is 24.1. The molecule has 1 heterocycles. The molecule has 1 saturated heterocycles. The van der Waals surface area contributed by atoms with Crippen molar-refractivity contribution < 1.29 is 14.3 Å². The number of carbonyl (C=O) groups excluding carboxylic acids is 2. The highest BCUT2D eigenvalue weighted by Gasteiger charge is 2.21. The van der Waals surface area contributed by atoms with E-state index in [0.29, 0.717) is 26.0 Å². The molecule has 1 fully saturated rings. The third-order valence-corrected chi connectivity index (χ3v) is 4.70. The summed E-state index contributed by atoms with van der Waals surface area (Å²) in [5.74, 6) is 0.950. The lowest BCUT2D eigenvalue weighted by Crippen LogP contribution is -2.31. The van der Waals surface area contributed by atoms with Gasteiger partial charge >= 0.3 is 0 Å². The van der Waals surface area contributed by atoms with E-state index in [1.54, 1.807) is 0 Å². The van der Waals surface area contributed by atoms with Crippen molar-refractivity contribution >= 4 is 29.9 Å². The number of nitrogens with one attached hydrogen (secondary N) is 3. The standard InChI is InChI=1S/C22H27N3O3.ClH/c26-21(7-4-14-28-20-5-2-1-3-6-20)25-19-10-8-17(9-11-19)15-24-22(27)18-12-13-23-16-18;/h1-3,5-6,8-11,18,23H,4,7,12-16H2,(H,24,27)(H,25,26);1H. The smallest absolute Gasteiger partial charge is 0.224 e. The Bertz CT molecular complexity index is 763. The monoisotopic (exact) mass is 417 g/mol. The Morgan fingerprint density at radius 3 is 2.52 bits per heavy atom. The van der Waals surface area contributed by atoms with Crippen LogP contribution in [0.3, 0.4) is 0 Å².